The number of hydrogen-bond acceptors (Lipinski definition) is 3. The lowest BCUT2D eigenvalue weighted by Crippen LogP contribution is -1.96. The predicted molar refractivity (Wildman–Crippen MR) is 73.3 cm³/mol. The third-order valence-corrected chi connectivity index (χ3v) is 3.35. The molecule has 0 bridgehead atoms. The Labute approximate surface area is 110 Å². The highest BCUT2D eigenvalue weighted by Crippen LogP contribution is 2.17. The molecule has 0 unspecified atom stereocenters. The van der Waals surface area contributed by atoms with Crippen molar-refractivity contribution in [2.75, 3.05) is 5.75 Å². The van der Waals surface area contributed by atoms with E-state index in [1.165, 1.54) is 12.1 Å². The van der Waals surface area contributed by atoms with Crippen molar-refractivity contribution < 1.29 is 4.39 Å². The summed E-state index contributed by atoms with van der Waals surface area (Å²) in [7, 11) is 1.96. The lowest BCUT2D eigenvalue weighted by atomic mass is 10.3. The molecule has 1 aromatic heterocycles. The number of aromatic nitrogens is 2. The Morgan fingerprint density at radius 3 is 2.78 bits per heavy atom. The summed E-state index contributed by atoms with van der Waals surface area (Å²) in [5, 5.41) is 0.970. The molecule has 1 aromatic carbocycles. The van der Waals surface area contributed by atoms with Crippen molar-refractivity contribution in [3.63, 3.8) is 0 Å². The quantitative estimate of drug-likeness (QED) is 0.625. The second-order valence-electron chi connectivity index (χ2n) is 3.69. The number of nitrogens with zero attached hydrogens (tertiary/aromatic N) is 3. The molecular formula is C13H14FN3S. The smallest absolute Gasteiger partial charge is 0.168 e. The van der Waals surface area contributed by atoms with E-state index >= 15 is 0 Å². The highest BCUT2D eigenvalue weighted by atomic mass is 32.2. The molecule has 0 spiro atoms. The van der Waals surface area contributed by atoms with Crippen LogP contribution in [0.5, 0.6) is 0 Å². The van der Waals surface area contributed by atoms with E-state index in [9.17, 15) is 4.39 Å². The molecular weight excluding hydrogens is 249 g/mol. The first-order valence-electron chi connectivity index (χ1n) is 5.65. The Kier molecular flexibility index (Phi) is 4.15. The summed E-state index contributed by atoms with van der Waals surface area (Å²) in [4.78, 5) is 8.60. The van der Waals surface area contributed by atoms with Gasteiger partial charge < -0.3 is 4.57 Å². The summed E-state index contributed by atoms with van der Waals surface area (Å²) in [6, 6.07) is 6.08. The SMILES string of the molecule is CCSc1ncc(C=Nc2ccc(F)cc2)n1C. The van der Waals surface area contributed by atoms with Crippen LogP contribution in [0.3, 0.4) is 0 Å². The van der Waals surface area contributed by atoms with E-state index in [2.05, 4.69) is 16.9 Å². The topological polar surface area (TPSA) is 30.2 Å². The molecule has 0 aliphatic rings. The maximum absolute atomic E-state index is 12.7. The van der Waals surface area contributed by atoms with Crippen molar-refractivity contribution in [2.24, 2.45) is 12.0 Å². The minimum Gasteiger partial charge on any atom is -0.321 e. The van der Waals surface area contributed by atoms with Gasteiger partial charge in [-0.25, -0.2) is 9.37 Å². The second-order valence-corrected chi connectivity index (χ2v) is 4.92. The number of benzene rings is 1. The minimum atomic E-state index is -0.254. The highest BCUT2D eigenvalue weighted by molar-refractivity contribution is 7.99. The van der Waals surface area contributed by atoms with Crippen LogP contribution in [-0.2, 0) is 7.05 Å². The predicted octanol–water partition coefficient (Wildman–Crippen LogP) is 3.42. The van der Waals surface area contributed by atoms with E-state index in [-0.39, 0.29) is 5.82 Å². The van der Waals surface area contributed by atoms with Gasteiger partial charge >= 0.3 is 0 Å². The Balaban J connectivity index is 2.16. The number of imidazole rings is 1. The third-order valence-electron chi connectivity index (χ3n) is 2.43. The Morgan fingerprint density at radius 2 is 2.11 bits per heavy atom. The standard InChI is InChI=1S/C13H14FN3S/c1-3-18-13-16-9-12(17(13)2)8-15-11-6-4-10(14)5-7-11/h4-9H,3H2,1-2H3. The largest absolute Gasteiger partial charge is 0.321 e. The number of hydrogen-bond donors (Lipinski definition) is 0. The van der Waals surface area contributed by atoms with Gasteiger partial charge in [0.25, 0.3) is 0 Å². The zero-order valence-corrected chi connectivity index (χ0v) is 11.1. The van der Waals surface area contributed by atoms with E-state index in [1.54, 1.807) is 36.3 Å². The van der Waals surface area contributed by atoms with Crippen LogP contribution in [0, 0.1) is 5.82 Å². The molecule has 0 fully saturated rings. The monoisotopic (exact) mass is 263 g/mol. The fourth-order valence-electron chi connectivity index (χ4n) is 1.46. The van der Waals surface area contributed by atoms with E-state index in [1.807, 2.05) is 11.6 Å². The zero-order valence-electron chi connectivity index (χ0n) is 10.3. The third kappa shape index (κ3) is 2.98. The van der Waals surface area contributed by atoms with Gasteiger partial charge in [0.15, 0.2) is 5.16 Å². The molecule has 0 aliphatic carbocycles. The average molecular weight is 263 g/mol. The van der Waals surface area contributed by atoms with Crippen molar-refractivity contribution in [3.05, 3.63) is 42.0 Å². The van der Waals surface area contributed by atoms with Gasteiger partial charge in [0.2, 0.25) is 0 Å². The van der Waals surface area contributed by atoms with Crippen molar-refractivity contribution in [1.29, 1.82) is 0 Å². The molecule has 0 saturated carbocycles. The van der Waals surface area contributed by atoms with Crippen LogP contribution in [0.1, 0.15) is 12.6 Å². The molecule has 1 heterocycles. The van der Waals surface area contributed by atoms with E-state index < -0.39 is 0 Å². The summed E-state index contributed by atoms with van der Waals surface area (Å²) in [6.07, 6.45) is 3.52. The number of rotatable bonds is 4. The van der Waals surface area contributed by atoms with Crippen molar-refractivity contribution in [3.8, 4) is 0 Å². The first-order valence-corrected chi connectivity index (χ1v) is 6.63. The molecule has 94 valence electrons. The zero-order chi connectivity index (χ0) is 13.0. The summed E-state index contributed by atoms with van der Waals surface area (Å²) in [6.45, 7) is 2.09. The molecule has 0 amide bonds. The van der Waals surface area contributed by atoms with Crippen LogP contribution in [-0.4, -0.2) is 21.5 Å². The lowest BCUT2D eigenvalue weighted by molar-refractivity contribution is 0.628. The average Bonchev–Trinajstić information content (AvgIpc) is 2.71. The maximum atomic E-state index is 12.7. The summed E-state index contributed by atoms with van der Waals surface area (Å²) < 4.78 is 14.7. The van der Waals surface area contributed by atoms with Gasteiger partial charge in [0, 0.05) is 7.05 Å². The summed E-state index contributed by atoms with van der Waals surface area (Å²) >= 11 is 1.69. The van der Waals surface area contributed by atoms with Gasteiger partial charge in [-0.05, 0) is 30.0 Å². The van der Waals surface area contributed by atoms with Gasteiger partial charge in [-0.15, -0.1) is 0 Å². The second kappa shape index (κ2) is 5.82. The van der Waals surface area contributed by atoms with E-state index in [4.69, 9.17) is 0 Å². The Morgan fingerprint density at radius 1 is 1.39 bits per heavy atom. The summed E-state index contributed by atoms with van der Waals surface area (Å²) in [5.41, 5.74) is 1.65. The molecule has 2 rings (SSSR count). The number of aliphatic imine (C=N–C) groups is 1. The Hall–Kier alpha value is -1.62. The van der Waals surface area contributed by atoms with Crippen LogP contribution in [0.2, 0.25) is 0 Å². The van der Waals surface area contributed by atoms with Crippen molar-refractivity contribution in [2.45, 2.75) is 12.1 Å². The van der Waals surface area contributed by atoms with Crippen LogP contribution in [0.4, 0.5) is 10.1 Å². The molecule has 18 heavy (non-hydrogen) atoms. The van der Waals surface area contributed by atoms with Gasteiger partial charge in [-0.3, -0.25) is 4.99 Å². The van der Waals surface area contributed by atoms with Crippen LogP contribution >= 0.6 is 11.8 Å². The van der Waals surface area contributed by atoms with E-state index in [0.29, 0.717) is 0 Å². The van der Waals surface area contributed by atoms with Crippen molar-refractivity contribution >= 4 is 23.7 Å². The lowest BCUT2D eigenvalue weighted by Gasteiger charge is -2.00. The van der Waals surface area contributed by atoms with Crippen LogP contribution < -0.4 is 0 Å². The normalized spacial score (nSPS) is 11.3. The first-order chi connectivity index (χ1) is 8.70. The first kappa shape index (κ1) is 12.8. The molecule has 3 nitrogen and oxygen atoms in total. The van der Waals surface area contributed by atoms with Crippen molar-refractivity contribution in [1.82, 2.24) is 9.55 Å². The van der Waals surface area contributed by atoms with Gasteiger partial charge in [0.05, 0.1) is 23.8 Å². The summed E-state index contributed by atoms with van der Waals surface area (Å²) in [5.74, 6) is 0.732. The molecule has 0 N–H and O–H groups in total. The maximum Gasteiger partial charge on any atom is 0.168 e. The Bertz CT molecular complexity index is 546. The fourth-order valence-corrected chi connectivity index (χ4v) is 2.14. The van der Waals surface area contributed by atoms with Gasteiger partial charge in [-0.1, -0.05) is 18.7 Å². The molecule has 0 atom stereocenters. The highest BCUT2D eigenvalue weighted by Gasteiger charge is 2.03. The molecule has 2 aromatic rings. The van der Waals surface area contributed by atoms with Gasteiger partial charge in [0.1, 0.15) is 5.82 Å². The fraction of sp³-hybridized carbons (Fsp3) is 0.231. The number of thioether (sulfide) groups is 1. The molecule has 0 radical (unpaired) electrons. The molecule has 5 heteroatoms. The van der Waals surface area contributed by atoms with Gasteiger partial charge in [-0.2, -0.15) is 0 Å². The molecule has 0 saturated heterocycles. The van der Waals surface area contributed by atoms with E-state index in [0.717, 1.165) is 22.3 Å². The van der Waals surface area contributed by atoms with Crippen LogP contribution in [0.25, 0.3) is 0 Å². The molecule has 0 aliphatic heterocycles. The van der Waals surface area contributed by atoms with Crippen LogP contribution in [0.15, 0.2) is 40.6 Å². The number of halogens is 1. The minimum absolute atomic E-state index is 0.254.